The number of aliphatic hydroxyl groups is 1. The molecule has 1 aromatic rings. The molecule has 0 fully saturated rings. The van der Waals surface area contributed by atoms with Crippen LogP contribution in [0.15, 0.2) is 54.0 Å². The predicted octanol–water partition coefficient (Wildman–Crippen LogP) is 2.77. The molecule has 1 aromatic carbocycles. The number of benzene rings is 1. The van der Waals surface area contributed by atoms with Gasteiger partial charge >= 0.3 is 0 Å². The summed E-state index contributed by atoms with van der Waals surface area (Å²) in [5, 5.41) is 8.72. The van der Waals surface area contributed by atoms with Crippen LogP contribution in [0.4, 0.5) is 0 Å². The minimum Gasteiger partial charge on any atom is -0.495 e. The number of rotatable bonds is 6. The van der Waals surface area contributed by atoms with Crippen molar-refractivity contribution < 1.29 is 14.6 Å². The third kappa shape index (κ3) is 3.93. The first-order valence-electron chi connectivity index (χ1n) is 6.17. The average molecular weight is 246 g/mol. The summed E-state index contributed by atoms with van der Waals surface area (Å²) < 4.78 is 11.2. The third-order valence-corrected chi connectivity index (χ3v) is 2.69. The lowest BCUT2D eigenvalue weighted by Gasteiger charge is -2.17. The SMILES string of the molecule is OCCOC1=CCC=C(OCc2ccccc2)C1. The van der Waals surface area contributed by atoms with E-state index in [-0.39, 0.29) is 6.61 Å². The van der Waals surface area contributed by atoms with Crippen molar-refractivity contribution in [3.8, 4) is 0 Å². The van der Waals surface area contributed by atoms with Crippen LogP contribution < -0.4 is 0 Å². The summed E-state index contributed by atoms with van der Waals surface area (Å²) in [5.41, 5.74) is 1.16. The van der Waals surface area contributed by atoms with E-state index in [2.05, 4.69) is 6.08 Å². The van der Waals surface area contributed by atoms with E-state index in [1.165, 1.54) is 0 Å². The van der Waals surface area contributed by atoms with Crippen LogP contribution in [0.5, 0.6) is 0 Å². The van der Waals surface area contributed by atoms with Gasteiger partial charge in [-0.15, -0.1) is 0 Å². The largest absolute Gasteiger partial charge is 0.495 e. The lowest BCUT2D eigenvalue weighted by Crippen LogP contribution is -2.05. The molecule has 3 nitrogen and oxygen atoms in total. The summed E-state index contributed by atoms with van der Waals surface area (Å²) in [6.07, 6.45) is 5.58. The number of allylic oxidation sites excluding steroid dienone is 2. The van der Waals surface area contributed by atoms with Gasteiger partial charge in [-0.1, -0.05) is 30.3 Å². The van der Waals surface area contributed by atoms with Crippen molar-refractivity contribution in [1.82, 2.24) is 0 Å². The smallest absolute Gasteiger partial charge is 0.113 e. The number of hydrogen-bond acceptors (Lipinski definition) is 3. The lowest BCUT2D eigenvalue weighted by atomic mass is 10.1. The molecule has 96 valence electrons. The molecular formula is C15H18O3. The Balaban J connectivity index is 1.79. The minimum absolute atomic E-state index is 0.0429. The Bertz CT molecular complexity index is 421. The quantitative estimate of drug-likeness (QED) is 0.838. The molecule has 0 aliphatic heterocycles. The van der Waals surface area contributed by atoms with E-state index in [1.807, 2.05) is 36.4 Å². The Hall–Kier alpha value is -1.74. The molecule has 0 saturated heterocycles. The Morgan fingerprint density at radius 1 is 1.00 bits per heavy atom. The van der Waals surface area contributed by atoms with Crippen LogP contribution in [-0.4, -0.2) is 18.3 Å². The molecule has 3 heteroatoms. The molecule has 1 aliphatic rings. The van der Waals surface area contributed by atoms with Crippen molar-refractivity contribution in [3.05, 3.63) is 59.6 Å². The second-order valence-electron chi connectivity index (χ2n) is 4.10. The van der Waals surface area contributed by atoms with Gasteiger partial charge in [0.2, 0.25) is 0 Å². The van der Waals surface area contributed by atoms with Gasteiger partial charge in [-0.05, 0) is 24.1 Å². The molecule has 0 atom stereocenters. The van der Waals surface area contributed by atoms with Crippen LogP contribution >= 0.6 is 0 Å². The Morgan fingerprint density at radius 2 is 1.72 bits per heavy atom. The van der Waals surface area contributed by atoms with E-state index in [0.29, 0.717) is 19.6 Å². The van der Waals surface area contributed by atoms with E-state index < -0.39 is 0 Å². The summed E-state index contributed by atoms with van der Waals surface area (Å²) >= 11 is 0. The lowest BCUT2D eigenvalue weighted by molar-refractivity contribution is 0.126. The van der Waals surface area contributed by atoms with Crippen LogP contribution in [0.3, 0.4) is 0 Å². The fourth-order valence-corrected chi connectivity index (χ4v) is 1.78. The molecule has 0 unspecified atom stereocenters. The van der Waals surface area contributed by atoms with Crippen molar-refractivity contribution in [2.75, 3.05) is 13.2 Å². The van der Waals surface area contributed by atoms with Gasteiger partial charge in [-0.25, -0.2) is 0 Å². The van der Waals surface area contributed by atoms with Gasteiger partial charge in [-0.2, -0.15) is 0 Å². The van der Waals surface area contributed by atoms with Crippen LogP contribution in [0.2, 0.25) is 0 Å². The van der Waals surface area contributed by atoms with E-state index >= 15 is 0 Å². The molecular weight excluding hydrogens is 228 g/mol. The zero-order valence-corrected chi connectivity index (χ0v) is 10.3. The van der Waals surface area contributed by atoms with Gasteiger partial charge in [0, 0.05) is 0 Å². The molecule has 0 aromatic heterocycles. The highest BCUT2D eigenvalue weighted by Gasteiger charge is 2.09. The van der Waals surface area contributed by atoms with Gasteiger partial charge < -0.3 is 14.6 Å². The highest BCUT2D eigenvalue weighted by atomic mass is 16.5. The van der Waals surface area contributed by atoms with Crippen LogP contribution in [-0.2, 0) is 16.1 Å². The molecule has 2 rings (SSSR count). The maximum atomic E-state index is 8.72. The second-order valence-corrected chi connectivity index (χ2v) is 4.10. The second kappa shape index (κ2) is 6.87. The zero-order valence-electron chi connectivity index (χ0n) is 10.3. The van der Waals surface area contributed by atoms with Gasteiger partial charge in [0.1, 0.15) is 19.0 Å². The average Bonchev–Trinajstić information content (AvgIpc) is 2.44. The molecule has 0 spiro atoms. The van der Waals surface area contributed by atoms with Gasteiger partial charge in [0.15, 0.2) is 0 Å². The maximum absolute atomic E-state index is 8.72. The zero-order chi connectivity index (χ0) is 12.6. The monoisotopic (exact) mass is 246 g/mol. The maximum Gasteiger partial charge on any atom is 0.113 e. The number of hydrogen-bond donors (Lipinski definition) is 1. The Labute approximate surface area is 107 Å². The van der Waals surface area contributed by atoms with Crippen molar-refractivity contribution >= 4 is 0 Å². The first-order valence-corrected chi connectivity index (χ1v) is 6.17. The number of ether oxygens (including phenoxy) is 2. The van der Waals surface area contributed by atoms with Crippen molar-refractivity contribution in [3.63, 3.8) is 0 Å². The topological polar surface area (TPSA) is 38.7 Å². The molecule has 0 saturated carbocycles. The first-order chi connectivity index (χ1) is 8.88. The van der Waals surface area contributed by atoms with E-state index in [4.69, 9.17) is 14.6 Å². The summed E-state index contributed by atoms with van der Waals surface area (Å²) in [7, 11) is 0. The molecule has 0 heterocycles. The highest BCUT2D eigenvalue weighted by molar-refractivity contribution is 5.17. The molecule has 1 aliphatic carbocycles. The number of aliphatic hydroxyl groups excluding tert-OH is 1. The molecule has 0 amide bonds. The summed E-state index contributed by atoms with van der Waals surface area (Å²) in [4.78, 5) is 0. The molecule has 18 heavy (non-hydrogen) atoms. The van der Waals surface area contributed by atoms with Crippen LogP contribution in [0.1, 0.15) is 18.4 Å². The first kappa shape index (κ1) is 12.7. The highest BCUT2D eigenvalue weighted by Crippen LogP contribution is 2.21. The third-order valence-electron chi connectivity index (χ3n) is 2.69. The van der Waals surface area contributed by atoms with Gasteiger partial charge in [0.05, 0.1) is 18.8 Å². The normalized spacial score (nSPS) is 14.7. The van der Waals surface area contributed by atoms with Crippen molar-refractivity contribution in [2.24, 2.45) is 0 Å². The minimum atomic E-state index is 0.0429. The van der Waals surface area contributed by atoms with E-state index in [1.54, 1.807) is 0 Å². The van der Waals surface area contributed by atoms with E-state index in [9.17, 15) is 0 Å². The fraction of sp³-hybridized carbons (Fsp3) is 0.333. The molecule has 1 N–H and O–H groups in total. The van der Waals surface area contributed by atoms with Crippen LogP contribution in [0.25, 0.3) is 0 Å². The standard InChI is InChI=1S/C15H18O3/c16-9-10-17-14-7-4-8-15(11-14)18-12-13-5-2-1-3-6-13/h1-3,5-8,16H,4,9-12H2. The molecule has 0 radical (unpaired) electrons. The van der Waals surface area contributed by atoms with Gasteiger partial charge in [-0.3, -0.25) is 0 Å². The van der Waals surface area contributed by atoms with E-state index in [0.717, 1.165) is 23.5 Å². The fourth-order valence-electron chi connectivity index (χ4n) is 1.78. The summed E-state index contributed by atoms with van der Waals surface area (Å²) in [6.45, 7) is 0.971. The van der Waals surface area contributed by atoms with Crippen molar-refractivity contribution in [2.45, 2.75) is 19.4 Å². The van der Waals surface area contributed by atoms with Crippen LogP contribution in [0, 0.1) is 0 Å². The van der Waals surface area contributed by atoms with Crippen molar-refractivity contribution in [1.29, 1.82) is 0 Å². The Kier molecular flexibility index (Phi) is 4.85. The summed E-state index contributed by atoms with van der Waals surface area (Å²) in [6, 6.07) is 10.1. The summed E-state index contributed by atoms with van der Waals surface area (Å²) in [5.74, 6) is 1.82. The predicted molar refractivity (Wildman–Crippen MR) is 69.7 cm³/mol. The van der Waals surface area contributed by atoms with Gasteiger partial charge in [0.25, 0.3) is 0 Å². The molecule has 0 bridgehead atoms. The Morgan fingerprint density at radius 3 is 2.44 bits per heavy atom.